The standard InChI is InChI=1S/C23H16O6.C19H17N3.8H2/c24-20-16(14-7-3-1-5-12(14)9-18(20)22(26)27)11-17-15-8-4-2-6-13(15)10-19(21(17)25)23(28)29;20-16-9-7-13(8-10-16)19(14-3-1-5-17(21)11-14)15-4-2-6-18(22)12-15;;;;;;;;/h1-10,24-25H,11H2,(H,26,27)(H,28,29);1-12,20H,21-22H2;8*1H. The van der Waals surface area contributed by atoms with Crippen molar-refractivity contribution in [1.82, 2.24) is 0 Å². The first-order valence-electron chi connectivity index (χ1n) is 15.9. The third-order valence-electron chi connectivity index (χ3n) is 8.59. The normalized spacial score (nSPS) is 12.1. The van der Waals surface area contributed by atoms with Crippen LogP contribution in [0, 0.1) is 5.41 Å². The lowest BCUT2D eigenvalue weighted by molar-refractivity contribution is 0.0682. The summed E-state index contributed by atoms with van der Waals surface area (Å²) < 4.78 is 0. The van der Waals surface area contributed by atoms with Gasteiger partial charge in [0, 0.05) is 40.3 Å². The molecule has 1 aliphatic rings. The van der Waals surface area contributed by atoms with E-state index in [-0.39, 0.29) is 29.0 Å². The molecule has 9 nitrogen and oxygen atoms in total. The van der Waals surface area contributed by atoms with Crippen LogP contribution in [0.2, 0.25) is 0 Å². The summed E-state index contributed by atoms with van der Waals surface area (Å²) in [5.41, 5.74) is 18.1. The van der Waals surface area contributed by atoms with Crippen LogP contribution >= 0.6 is 0 Å². The van der Waals surface area contributed by atoms with Crippen molar-refractivity contribution in [3.8, 4) is 11.5 Å². The van der Waals surface area contributed by atoms with Crippen LogP contribution in [0.5, 0.6) is 11.5 Å². The fourth-order valence-corrected chi connectivity index (χ4v) is 6.21. The Hall–Kier alpha value is -7.13. The van der Waals surface area contributed by atoms with E-state index in [9.17, 15) is 30.0 Å². The minimum absolute atomic E-state index is 0. The predicted octanol–water partition coefficient (Wildman–Crippen LogP) is 10.2. The number of hydrogen-bond acceptors (Lipinski definition) is 7. The van der Waals surface area contributed by atoms with Crippen molar-refractivity contribution in [2.75, 3.05) is 11.5 Å². The van der Waals surface area contributed by atoms with E-state index in [0.717, 1.165) is 33.6 Å². The number of rotatable bonds is 6. The van der Waals surface area contributed by atoms with Crippen LogP contribution in [-0.4, -0.2) is 38.1 Å². The number of hydrogen-bond donors (Lipinski definition) is 7. The van der Waals surface area contributed by atoms with Gasteiger partial charge in [0.15, 0.2) is 0 Å². The van der Waals surface area contributed by atoms with E-state index in [1.54, 1.807) is 60.7 Å². The highest BCUT2D eigenvalue weighted by Crippen LogP contribution is 2.39. The number of nitrogens with one attached hydrogen (secondary N) is 1. The van der Waals surface area contributed by atoms with E-state index in [1.165, 1.54) is 12.1 Å². The van der Waals surface area contributed by atoms with E-state index in [1.807, 2.05) is 60.7 Å². The Morgan fingerprint density at radius 2 is 1.02 bits per heavy atom. The Labute approximate surface area is 304 Å². The van der Waals surface area contributed by atoms with E-state index in [2.05, 4.69) is 0 Å². The molecule has 6 aromatic carbocycles. The van der Waals surface area contributed by atoms with Gasteiger partial charge in [-0.25, -0.2) is 9.59 Å². The highest BCUT2D eigenvalue weighted by Gasteiger charge is 2.22. The number of carboxylic acids is 2. The van der Waals surface area contributed by atoms with Gasteiger partial charge in [0.2, 0.25) is 0 Å². The van der Waals surface area contributed by atoms with Crippen LogP contribution in [0.25, 0.3) is 27.1 Å². The second-order valence-corrected chi connectivity index (χ2v) is 11.9. The molecule has 0 radical (unpaired) electrons. The molecule has 51 heavy (non-hydrogen) atoms. The number of fused-ring (bicyclic) bond motifs is 2. The molecule has 1 aliphatic carbocycles. The molecule has 0 bridgehead atoms. The number of carbonyl (C=O) groups is 2. The van der Waals surface area contributed by atoms with Crippen molar-refractivity contribution in [2.45, 2.75) is 6.42 Å². The molecule has 0 heterocycles. The topological polar surface area (TPSA) is 191 Å². The molecular formula is C42H49N3O6. The van der Waals surface area contributed by atoms with Crippen molar-refractivity contribution < 1.29 is 41.4 Å². The maximum absolute atomic E-state index is 11.6. The van der Waals surface area contributed by atoms with Crippen molar-refractivity contribution >= 4 is 56.1 Å². The number of carboxylic acid groups (broad SMARTS) is 2. The number of aromatic hydroxyl groups is 2. The second-order valence-electron chi connectivity index (χ2n) is 11.9. The third-order valence-corrected chi connectivity index (χ3v) is 8.59. The van der Waals surface area contributed by atoms with Crippen molar-refractivity contribution in [1.29, 1.82) is 5.41 Å². The molecule has 6 aromatic rings. The zero-order chi connectivity index (χ0) is 36.2. The molecule has 0 unspecified atom stereocenters. The van der Waals surface area contributed by atoms with E-state index in [4.69, 9.17) is 16.9 Å². The van der Waals surface area contributed by atoms with Crippen LogP contribution in [0.3, 0.4) is 0 Å². The van der Waals surface area contributed by atoms with Gasteiger partial charge in [-0.3, -0.25) is 0 Å². The van der Waals surface area contributed by atoms with Gasteiger partial charge >= 0.3 is 11.9 Å². The summed E-state index contributed by atoms with van der Waals surface area (Å²) in [6.45, 7) is 0. The first kappa shape index (κ1) is 33.8. The number of allylic oxidation sites excluding steroid dienone is 5. The number of anilines is 2. The van der Waals surface area contributed by atoms with Gasteiger partial charge in [-0.15, -0.1) is 0 Å². The first-order chi connectivity index (χ1) is 24.5. The lowest BCUT2D eigenvalue weighted by atomic mass is 9.90. The Balaban J connectivity index is -0.000000961. The number of aromatic carboxylic acids is 2. The quantitative estimate of drug-likeness (QED) is 0.0839. The van der Waals surface area contributed by atoms with Gasteiger partial charge in [0.05, 0.1) is 5.71 Å². The summed E-state index contributed by atoms with van der Waals surface area (Å²) in [6, 6.07) is 32.4. The summed E-state index contributed by atoms with van der Waals surface area (Å²) in [4.78, 5) is 23.2. The van der Waals surface area contributed by atoms with Gasteiger partial charge in [-0.05, 0) is 92.4 Å². The molecule has 0 fully saturated rings. The average molecular weight is 692 g/mol. The smallest absolute Gasteiger partial charge is 0.339 e. The van der Waals surface area contributed by atoms with E-state index < -0.39 is 23.4 Å². The number of nitrogen functional groups attached to an aromatic ring is 2. The van der Waals surface area contributed by atoms with Crippen LogP contribution in [0.1, 0.15) is 54.4 Å². The van der Waals surface area contributed by atoms with Crippen molar-refractivity contribution in [2.24, 2.45) is 0 Å². The molecule has 7 rings (SSSR count). The van der Waals surface area contributed by atoms with Crippen LogP contribution < -0.4 is 11.5 Å². The van der Waals surface area contributed by atoms with Gasteiger partial charge in [0.25, 0.3) is 0 Å². The maximum atomic E-state index is 11.6. The molecule has 0 spiro atoms. The highest BCUT2D eigenvalue weighted by molar-refractivity contribution is 6.05. The first-order valence-corrected chi connectivity index (χ1v) is 15.9. The lowest BCUT2D eigenvalue weighted by Crippen LogP contribution is -2.04. The molecule has 0 aliphatic heterocycles. The zero-order valence-corrected chi connectivity index (χ0v) is 27.2. The maximum Gasteiger partial charge on any atom is 0.339 e. The second kappa shape index (κ2) is 14.2. The SMILES string of the molecule is N=C1C=CC(=C(c2cccc(N)c2)c2cccc(N)c2)C=C1.O=C(O)c1cc2ccccc2c(Cc2c(O)c(C(=O)O)cc3ccccc23)c1O.[HH].[HH].[HH].[HH].[HH].[HH].[HH].[HH]. The minimum atomic E-state index is -1.28. The summed E-state index contributed by atoms with van der Waals surface area (Å²) in [7, 11) is 0. The molecule has 0 atom stereocenters. The lowest BCUT2D eigenvalue weighted by Gasteiger charge is -2.16. The monoisotopic (exact) mass is 691 g/mol. The summed E-state index contributed by atoms with van der Waals surface area (Å²) >= 11 is 0. The molecule has 9 N–H and O–H groups in total. The summed E-state index contributed by atoms with van der Waals surface area (Å²) in [5.74, 6) is -3.36. The molecule has 0 saturated heterocycles. The Morgan fingerprint density at radius 1 is 0.588 bits per heavy atom. The van der Waals surface area contributed by atoms with Crippen molar-refractivity contribution in [3.05, 3.63) is 172 Å². The van der Waals surface area contributed by atoms with Crippen molar-refractivity contribution in [3.63, 3.8) is 0 Å². The Kier molecular flexibility index (Phi) is 9.37. The number of benzene rings is 6. The fourth-order valence-electron chi connectivity index (χ4n) is 6.21. The zero-order valence-electron chi connectivity index (χ0n) is 27.2. The fraction of sp³-hybridized carbons (Fsp3) is 0.0238. The van der Waals surface area contributed by atoms with Gasteiger partial charge in [-0.2, -0.15) is 0 Å². The molecule has 0 saturated carbocycles. The average Bonchev–Trinajstić information content (AvgIpc) is 3.11. The molecule has 0 aromatic heterocycles. The molecule has 268 valence electrons. The highest BCUT2D eigenvalue weighted by atomic mass is 16.4. The Morgan fingerprint density at radius 3 is 1.43 bits per heavy atom. The van der Waals surface area contributed by atoms with E-state index in [0.29, 0.717) is 38.4 Å². The summed E-state index contributed by atoms with van der Waals surface area (Å²) in [5, 5.41) is 50.5. The third kappa shape index (κ3) is 7.04. The van der Waals surface area contributed by atoms with E-state index >= 15 is 0 Å². The molecular weight excluding hydrogens is 642 g/mol. The predicted molar refractivity (Wildman–Crippen MR) is 219 cm³/mol. The van der Waals surface area contributed by atoms with Crippen LogP contribution in [0.4, 0.5) is 11.4 Å². The molecule has 9 heteroatoms. The molecule has 0 amide bonds. The largest absolute Gasteiger partial charge is 0.507 e. The summed E-state index contributed by atoms with van der Waals surface area (Å²) in [6.07, 6.45) is 7.43. The van der Waals surface area contributed by atoms with Gasteiger partial charge in [-0.1, -0.05) is 84.9 Å². The van der Waals surface area contributed by atoms with Crippen LogP contribution in [0.15, 0.2) is 139 Å². The van der Waals surface area contributed by atoms with Gasteiger partial charge < -0.3 is 37.3 Å². The van der Waals surface area contributed by atoms with Gasteiger partial charge in [0.1, 0.15) is 22.6 Å². The van der Waals surface area contributed by atoms with Crippen LogP contribution in [-0.2, 0) is 6.42 Å². The Bertz CT molecular complexity index is 2340. The minimum Gasteiger partial charge on any atom is -0.507 e. The number of phenols is 2. The number of nitrogens with two attached hydrogens (primary N) is 2.